The molecule has 0 bridgehead atoms. The molecule has 0 spiro atoms. The maximum atomic E-state index is 6.24. The Labute approximate surface area is 130 Å². The molecule has 2 nitrogen and oxygen atoms in total. The summed E-state index contributed by atoms with van der Waals surface area (Å²) < 4.78 is 0. The number of nitrogens with zero attached hydrogens (tertiary/aromatic N) is 1. The fourth-order valence-electron chi connectivity index (χ4n) is 1.99. The molecular weight excluding hydrogens is 288 g/mol. The van der Waals surface area contributed by atoms with Crippen LogP contribution in [0.25, 0.3) is 0 Å². The van der Waals surface area contributed by atoms with Gasteiger partial charge in [0.1, 0.15) is 5.01 Å². The molecule has 0 saturated heterocycles. The summed E-state index contributed by atoms with van der Waals surface area (Å²) in [5, 5.41) is 7.37. The molecule has 4 heteroatoms. The first-order chi connectivity index (χ1) is 9.32. The lowest BCUT2D eigenvalue weighted by Crippen LogP contribution is -2.18. The topological polar surface area (TPSA) is 24.9 Å². The third-order valence-corrected chi connectivity index (χ3v) is 4.67. The SMILES string of the molecule is CNC(c1ccc(C)c(Cl)c1)c1nc(C(C)(C)C)cs1. The predicted molar refractivity (Wildman–Crippen MR) is 87.9 cm³/mol. The van der Waals surface area contributed by atoms with Gasteiger partial charge in [0, 0.05) is 15.8 Å². The number of hydrogen-bond acceptors (Lipinski definition) is 3. The van der Waals surface area contributed by atoms with E-state index in [4.69, 9.17) is 16.6 Å². The van der Waals surface area contributed by atoms with Crippen LogP contribution in [0.4, 0.5) is 0 Å². The van der Waals surface area contributed by atoms with Crippen LogP contribution in [0.2, 0.25) is 5.02 Å². The summed E-state index contributed by atoms with van der Waals surface area (Å²) in [6.07, 6.45) is 0. The molecule has 0 radical (unpaired) electrons. The molecule has 1 aromatic carbocycles. The molecule has 1 heterocycles. The number of aromatic nitrogens is 1. The second-order valence-corrected chi connectivity index (χ2v) is 7.35. The average Bonchev–Trinajstić information content (AvgIpc) is 2.84. The summed E-state index contributed by atoms with van der Waals surface area (Å²) in [6.45, 7) is 8.57. The monoisotopic (exact) mass is 308 g/mol. The van der Waals surface area contributed by atoms with Gasteiger partial charge in [-0.05, 0) is 31.2 Å². The fourth-order valence-corrected chi connectivity index (χ4v) is 3.35. The number of rotatable bonds is 3. The molecule has 1 N–H and O–H groups in total. The van der Waals surface area contributed by atoms with E-state index in [0.717, 1.165) is 26.9 Å². The highest BCUT2D eigenvalue weighted by atomic mass is 35.5. The Bertz CT molecular complexity index is 599. The van der Waals surface area contributed by atoms with E-state index >= 15 is 0 Å². The highest BCUT2D eigenvalue weighted by molar-refractivity contribution is 7.09. The van der Waals surface area contributed by atoms with Crippen LogP contribution in [0.1, 0.15) is 48.6 Å². The van der Waals surface area contributed by atoms with Crippen molar-refractivity contribution in [3.05, 3.63) is 50.4 Å². The van der Waals surface area contributed by atoms with Gasteiger partial charge in [0.2, 0.25) is 0 Å². The Balaban J connectivity index is 2.37. The molecule has 20 heavy (non-hydrogen) atoms. The highest BCUT2D eigenvalue weighted by Crippen LogP contribution is 2.31. The lowest BCUT2D eigenvalue weighted by molar-refractivity contribution is 0.566. The highest BCUT2D eigenvalue weighted by Gasteiger charge is 2.21. The second-order valence-electron chi connectivity index (χ2n) is 6.05. The number of aryl methyl sites for hydroxylation is 1. The van der Waals surface area contributed by atoms with Crippen molar-refractivity contribution < 1.29 is 0 Å². The number of benzene rings is 1. The van der Waals surface area contributed by atoms with E-state index in [1.807, 2.05) is 20.0 Å². The summed E-state index contributed by atoms with van der Waals surface area (Å²) in [5.74, 6) is 0. The zero-order chi connectivity index (χ0) is 14.9. The lowest BCUT2D eigenvalue weighted by atomic mass is 9.93. The zero-order valence-corrected chi connectivity index (χ0v) is 14.2. The van der Waals surface area contributed by atoms with Crippen molar-refractivity contribution in [2.45, 2.75) is 39.2 Å². The van der Waals surface area contributed by atoms with Gasteiger partial charge < -0.3 is 5.32 Å². The lowest BCUT2D eigenvalue weighted by Gasteiger charge is -2.17. The largest absolute Gasteiger partial charge is 0.307 e. The molecule has 0 fully saturated rings. The molecule has 1 unspecified atom stereocenters. The number of halogens is 1. The Morgan fingerprint density at radius 2 is 2.00 bits per heavy atom. The molecule has 108 valence electrons. The van der Waals surface area contributed by atoms with Gasteiger partial charge in [0.05, 0.1) is 11.7 Å². The molecule has 0 amide bonds. The van der Waals surface area contributed by atoms with Gasteiger partial charge in [-0.2, -0.15) is 0 Å². The molecule has 1 aromatic heterocycles. The van der Waals surface area contributed by atoms with E-state index in [9.17, 15) is 0 Å². The van der Waals surface area contributed by atoms with Gasteiger partial charge in [-0.3, -0.25) is 0 Å². The summed E-state index contributed by atoms with van der Waals surface area (Å²) in [7, 11) is 1.95. The third-order valence-electron chi connectivity index (χ3n) is 3.36. The van der Waals surface area contributed by atoms with Crippen LogP contribution in [0.5, 0.6) is 0 Å². The molecule has 1 atom stereocenters. The minimum Gasteiger partial charge on any atom is -0.307 e. The van der Waals surface area contributed by atoms with Crippen molar-refractivity contribution in [3.63, 3.8) is 0 Å². The van der Waals surface area contributed by atoms with Crippen LogP contribution < -0.4 is 5.32 Å². The van der Waals surface area contributed by atoms with Gasteiger partial charge in [-0.25, -0.2) is 4.98 Å². The van der Waals surface area contributed by atoms with E-state index in [1.54, 1.807) is 11.3 Å². The van der Waals surface area contributed by atoms with E-state index < -0.39 is 0 Å². The van der Waals surface area contributed by atoms with Gasteiger partial charge in [0.25, 0.3) is 0 Å². The van der Waals surface area contributed by atoms with Crippen LogP contribution in [0, 0.1) is 6.92 Å². The van der Waals surface area contributed by atoms with Gasteiger partial charge >= 0.3 is 0 Å². The number of thiazole rings is 1. The normalized spacial score (nSPS) is 13.5. The molecule has 2 aromatic rings. The Hall–Kier alpha value is -0.900. The molecular formula is C16H21ClN2S. The number of hydrogen-bond donors (Lipinski definition) is 1. The quantitative estimate of drug-likeness (QED) is 0.888. The van der Waals surface area contributed by atoms with Crippen molar-refractivity contribution in [1.82, 2.24) is 10.3 Å². The van der Waals surface area contributed by atoms with E-state index in [1.165, 1.54) is 0 Å². The Morgan fingerprint density at radius 3 is 2.50 bits per heavy atom. The van der Waals surface area contributed by atoms with Gasteiger partial charge in [0.15, 0.2) is 0 Å². The summed E-state index contributed by atoms with van der Waals surface area (Å²) in [4.78, 5) is 4.79. The van der Waals surface area contributed by atoms with Crippen molar-refractivity contribution in [2.24, 2.45) is 0 Å². The molecule has 0 aliphatic rings. The Morgan fingerprint density at radius 1 is 1.30 bits per heavy atom. The van der Waals surface area contributed by atoms with E-state index in [-0.39, 0.29) is 11.5 Å². The van der Waals surface area contributed by atoms with Crippen LogP contribution in [0.15, 0.2) is 23.6 Å². The van der Waals surface area contributed by atoms with Crippen molar-refractivity contribution >= 4 is 22.9 Å². The van der Waals surface area contributed by atoms with E-state index in [2.05, 4.69) is 43.6 Å². The fraction of sp³-hybridized carbons (Fsp3) is 0.438. The molecule has 2 rings (SSSR count). The third kappa shape index (κ3) is 3.22. The standard InChI is InChI=1S/C16H21ClN2S/c1-10-6-7-11(8-12(10)17)14(18-5)15-19-13(9-20-15)16(2,3)4/h6-9,14,18H,1-5H3. The van der Waals surface area contributed by atoms with Crippen LogP contribution >= 0.6 is 22.9 Å². The predicted octanol–water partition coefficient (Wildman–Crippen LogP) is 4.71. The van der Waals surface area contributed by atoms with E-state index in [0.29, 0.717) is 0 Å². The van der Waals surface area contributed by atoms with Gasteiger partial charge in [-0.1, -0.05) is 44.5 Å². The summed E-state index contributed by atoms with van der Waals surface area (Å²) in [6, 6.07) is 6.28. The average molecular weight is 309 g/mol. The molecule has 0 aliphatic heterocycles. The molecule has 0 saturated carbocycles. The summed E-state index contributed by atoms with van der Waals surface area (Å²) in [5.41, 5.74) is 3.46. The first-order valence-electron chi connectivity index (χ1n) is 6.72. The van der Waals surface area contributed by atoms with Crippen LogP contribution in [0.3, 0.4) is 0 Å². The smallest absolute Gasteiger partial charge is 0.114 e. The van der Waals surface area contributed by atoms with Crippen molar-refractivity contribution in [3.8, 4) is 0 Å². The Kier molecular flexibility index (Phi) is 4.52. The minimum absolute atomic E-state index is 0.0813. The molecule has 0 aliphatic carbocycles. The van der Waals surface area contributed by atoms with Crippen molar-refractivity contribution in [2.75, 3.05) is 7.05 Å². The minimum atomic E-state index is 0.0813. The van der Waals surface area contributed by atoms with Crippen LogP contribution in [-0.4, -0.2) is 12.0 Å². The second kappa shape index (κ2) is 5.84. The van der Waals surface area contributed by atoms with Crippen LogP contribution in [-0.2, 0) is 5.41 Å². The summed E-state index contributed by atoms with van der Waals surface area (Å²) >= 11 is 7.93. The maximum Gasteiger partial charge on any atom is 0.114 e. The zero-order valence-electron chi connectivity index (χ0n) is 12.6. The first kappa shape index (κ1) is 15.5. The first-order valence-corrected chi connectivity index (χ1v) is 7.98. The van der Waals surface area contributed by atoms with Crippen molar-refractivity contribution in [1.29, 1.82) is 0 Å². The number of nitrogens with one attached hydrogen (secondary N) is 1. The maximum absolute atomic E-state index is 6.24. The van der Waals surface area contributed by atoms with Gasteiger partial charge in [-0.15, -0.1) is 11.3 Å².